The van der Waals surface area contributed by atoms with Crippen LogP contribution in [0.15, 0.2) is 29.3 Å². The maximum Gasteiger partial charge on any atom is 0.290 e. The Kier molecular flexibility index (Phi) is 3.05. The van der Waals surface area contributed by atoms with Crippen LogP contribution in [0, 0.1) is 0 Å². The number of amides is 1. The van der Waals surface area contributed by atoms with E-state index in [0.717, 1.165) is 0 Å². The van der Waals surface area contributed by atoms with Crippen LogP contribution >= 0.6 is 0 Å². The van der Waals surface area contributed by atoms with Crippen LogP contribution in [0.25, 0.3) is 0 Å². The predicted molar refractivity (Wildman–Crippen MR) is 61.9 cm³/mol. The van der Waals surface area contributed by atoms with Crippen molar-refractivity contribution >= 4 is 17.4 Å². The quantitative estimate of drug-likeness (QED) is 0.784. The van der Waals surface area contributed by atoms with E-state index >= 15 is 0 Å². The zero-order chi connectivity index (χ0) is 11.4. The van der Waals surface area contributed by atoms with Gasteiger partial charge in [-0.25, -0.2) is 0 Å². The molecule has 0 saturated heterocycles. The van der Waals surface area contributed by atoms with Gasteiger partial charge in [-0.1, -0.05) is 12.1 Å². The van der Waals surface area contributed by atoms with E-state index in [1.165, 1.54) is 0 Å². The fourth-order valence-electron chi connectivity index (χ4n) is 1.48. The highest BCUT2D eigenvalue weighted by Crippen LogP contribution is 2.22. The molecule has 1 aromatic carbocycles. The average Bonchev–Trinajstić information content (AvgIpc) is 2.83. The molecule has 2 N–H and O–H groups in total. The summed E-state index contributed by atoms with van der Waals surface area (Å²) in [5.74, 6) is 0.780. The SMILES string of the molecule is COc1ccccc1NC(=O)C1=NCCN1. The lowest BCUT2D eigenvalue weighted by Gasteiger charge is -2.09. The first kappa shape index (κ1) is 10.5. The van der Waals surface area contributed by atoms with Gasteiger partial charge in [-0.3, -0.25) is 9.79 Å². The Bertz CT molecular complexity index is 429. The van der Waals surface area contributed by atoms with Crippen molar-refractivity contribution in [3.8, 4) is 5.75 Å². The Hall–Kier alpha value is -2.04. The lowest BCUT2D eigenvalue weighted by atomic mass is 10.3. The number of benzene rings is 1. The molecule has 1 aliphatic rings. The molecule has 0 bridgehead atoms. The number of anilines is 1. The van der Waals surface area contributed by atoms with E-state index in [9.17, 15) is 4.79 Å². The van der Waals surface area contributed by atoms with Gasteiger partial charge in [0.1, 0.15) is 5.75 Å². The molecular weight excluding hydrogens is 206 g/mol. The van der Waals surface area contributed by atoms with Gasteiger partial charge in [-0.15, -0.1) is 0 Å². The van der Waals surface area contributed by atoms with Crippen molar-refractivity contribution in [2.24, 2.45) is 4.99 Å². The van der Waals surface area contributed by atoms with E-state index in [0.29, 0.717) is 30.4 Å². The van der Waals surface area contributed by atoms with Crippen LogP contribution in [0.4, 0.5) is 5.69 Å². The van der Waals surface area contributed by atoms with Gasteiger partial charge in [0.05, 0.1) is 19.3 Å². The second-order valence-corrected chi connectivity index (χ2v) is 3.31. The number of hydrogen-bond donors (Lipinski definition) is 2. The summed E-state index contributed by atoms with van der Waals surface area (Å²) < 4.78 is 5.13. The van der Waals surface area contributed by atoms with E-state index < -0.39 is 0 Å². The summed E-state index contributed by atoms with van der Waals surface area (Å²) in [4.78, 5) is 15.8. The molecule has 1 aliphatic heterocycles. The van der Waals surface area contributed by atoms with Crippen LogP contribution in [0.2, 0.25) is 0 Å². The average molecular weight is 219 g/mol. The third-order valence-corrected chi connectivity index (χ3v) is 2.24. The Morgan fingerprint density at radius 3 is 3.00 bits per heavy atom. The minimum absolute atomic E-state index is 0.234. The smallest absolute Gasteiger partial charge is 0.290 e. The number of para-hydroxylation sites is 2. The molecule has 5 nitrogen and oxygen atoms in total. The number of carbonyl (C=O) groups excluding carboxylic acids is 1. The first-order valence-electron chi connectivity index (χ1n) is 5.04. The molecule has 1 amide bonds. The third kappa shape index (κ3) is 2.13. The van der Waals surface area contributed by atoms with E-state index in [2.05, 4.69) is 15.6 Å². The number of amidine groups is 1. The summed E-state index contributed by atoms with van der Waals surface area (Å²) in [5.41, 5.74) is 0.645. The van der Waals surface area contributed by atoms with Crippen LogP contribution in [0.1, 0.15) is 0 Å². The summed E-state index contributed by atoms with van der Waals surface area (Å²) >= 11 is 0. The molecular formula is C11H13N3O2. The first-order chi connectivity index (χ1) is 7.81. The highest BCUT2D eigenvalue weighted by atomic mass is 16.5. The van der Waals surface area contributed by atoms with Crippen molar-refractivity contribution in [2.75, 3.05) is 25.5 Å². The van der Waals surface area contributed by atoms with E-state index in [-0.39, 0.29) is 5.91 Å². The Morgan fingerprint density at radius 1 is 1.50 bits per heavy atom. The van der Waals surface area contributed by atoms with Gasteiger partial charge in [-0.2, -0.15) is 0 Å². The van der Waals surface area contributed by atoms with Crippen LogP contribution in [0.5, 0.6) is 5.75 Å². The normalized spacial score (nSPS) is 13.9. The number of ether oxygens (including phenoxy) is 1. The molecule has 84 valence electrons. The summed E-state index contributed by atoms with van der Waals surface area (Å²) in [6, 6.07) is 7.26. The Labute approximate surface area is 93.5 Å². The van der Waals surface area contributed by atoms with E-state index in [4.69, 9.17) is 4.74 Å². The summed E-state index contributed by atoms with van der Waals surface area (Å²) in [7, 11) is 1.57. The molecule has 0 radical (unpaired) electrons. The number of methoxy groups -OCH3 is 1. The fourth-order valence-corrected chi connectivity index (χ4v) is 1.48. The molecule has 0 atom stereocenters. The summed E-state index contributed by atoms with van der Waals surface area (Å²) in [5, 5.41) is 5.66. The van der Waals surface area contributed by atoms with Crippen molar-refractivity contribution in [1.82, 2.24) is 5.32 Å². The molecule has 0 aliphatic carbocycles. The van der Waals surface area contributed by atoms with Crippen LogP contribution in [-0.4, -0.2) is 31.9 Å². The Balaban J connectivity index is 2.11. The van der Waals surface area contributed by atoms with Crippen molar-refractivity contribution in [2.45, 2.75) is 0 Å². The largest absolute Gasteiger partial charge is 0.495 e. The number of aliphatic imine (C=N–C) groups is 1. The molecule has 2 rings (SSSR count). The monoisotopic (exact) mass is 219 g/mol. The lowest BCUT2D eigenvalue weighted by Crippen LogP contribution is -2.32. The second kappa shape index (κ2) is 4.65. The van der Waals surface area contributed by atoms with Gasteiger partial charge >= 0.3 is 0 Å². The van der Waals surface area contributed by atoms with Crippen LogP contribution in [0.3, 0.4) is 0 Å². The van der Waals surface area contributed by atoms with Crippen LogP contribution < -0.4 is 15.4 Å². The molecule has 1 heterocycles. The topological polar surface area (TPSA) is 62.7 Å². The van der Waals surface area contributed by atoms with Gasteiger partial charge in [0.2, 0.25) is 0 Å². The predicted octanol–water partition coefficient (Wildman–Crippen LogP) is 0.635. The van der Waals surface area contributed by atoms with Crippen molar-refractivity contribution < 1.29 is 9.53 Å². The number of nitrogens with one attached hydrogen (secondary N) is 2. The molecule has 0 saturated carbocycles. The van der Waals surface area contributed by atoms with Crippen molar-refractivity contribution in [3.05, 3.63) is 24.3 Å². The fraction of sp³-hybridized carbons (Fsp3) is 0.273. The first-order valence-corrected chi connectivity index (χ1v) is 5.04. The molecule has 5 heteroatoms. The van der Waals surface area contributed by atoms with E-state index in [1.54, 1.807) is 19.2 Å². The molecule has 0 spiro atoms. The standard InChI is InChI=1S/C11H13N3O2/c1-16-9-5-3-2-4-8(9)14-11(15)10-12-6-7-13-10/h2-5H,6-7H2,1H3,(H,12,13)(H,14,15). The molecule has 1 aromatic rings. The zero-order valence-corrected chi connectivity index (χ0v) is 8.99. The van der Waals surface area contributed by atoms with Gasteiger partial charge in [0, 0.05) is 6.54 Å². The van der Waals surface area contributed by atoms with Gasteiger partial charge < -0.3 is 15.4 Å². The number of rotatable bonds is 3. The maximum absolute atomic E-state index is 11.7. The Morgan fingerprint density at radius 2 is 2.31 bits per heavy atom. The van der Waals surface area contributed by atoms with Gasteiger partial charge in [0.25, 0.3) is 5.91 Å². The van der Waals surface area contributed by atoms with Gasteiger partial charge in [-0.05, 0) is 12.1 Å². The molecule has 16 heavy (non-hydrogen) atoms. The number of nitrogens with zero attached hydrogens (tertiary/aromatic N) is 1. The molecule has 0 fully saturated rings. The maximum atomic E-state index is 11.7. The summed E-state index contributed by atoms with van der Waals surface area (Å²) in [6.07, 6.45) is 0. The molecule has 0 aromatic heterocycles. The highest BCUT2D eigenvalue weighted by Gasteiger charge is 2.15. The second-order valence-electron chi connectivity index (χ2n) is 3.31. The lowest BCUT2D eigenvalue weighted by molar-refractivity contribution is -0.110. The van der Waals surface area contributed by atoms with Gasteiger partial charge in [0.15, 0.2) is 5.84 Å². The highest BCUT2D eigenvalue weighted by molar-refractivity contribution is 6.42. The van der Waals surface area contributed by atoms with Crippen LogP contribution in [-0.2, 0) is 4.79 Å². The third-order valence-electron chi connectivity index (χ3n) is 2.24. The van der Waals surface area contributed by atoms with Crippen molar-refractivity contribution in [3.63, 3.8) is 0 Å². The molecule has 0 unspecified atom stereocenters. The number of carbonyl (C=O) groups is 1. The zero-order valence-electron chi connectivity index (χ0n) is 8.99. The summed E-state index contributed by atoms with van der Waals surface area (Å²) in [6.45, 7) is 1.36. The van der Waals surface area contributed by atoms with E-state index in [1.807, 2.05) is 12.1 Å². The minimum atomic E-state index is -0.234. The van der Waals surface area contributed by atoms with Crippen molar-refractivity contribution in [1.29, 1.82) is 0 Å². The number of hydrogen-bond acceptors (Lipinski definition) is 4. The minimum Gasteiger partial charge on any atom is -0.495 e.